The molecule has 13 rings (SSSR count). The highest BCUT2D eigenvalue weighted by Gasteiger charge is 2.20. The predicted octanol–water partition coefficient (Wildman–Crippen LogP) is 17.5. The summed E-state index contributed by atoms with van der Waals surface area (Å²) in [4.78, 5) is 2.36. The van der Waals surface area contributed by atoms with E-state index in [1.54, 1.807) is 0 Å². The quantitative estimate of drug-likeness (QED) is 0.148. The van der Waals surface area contributed by atoms with E-state index in [4.69, 9.17) is 0 Å². The molecule has 0 atom stereocenters. The molecule has 0 spiro atoms. The van der Waals surface area contributed by atoms with Gasteiger partial charge < -0.3 is 14.0 Å². The molecular formula is C64H43N3. The molecule has 0 amide bonds. The third kappa shape index (κ3) is 6.67. The average Bonchev–Trinajstić information content (AvgIpc) is 3.90. The molecule has 0 aliphatic heterocycles. The Balaban J connectivity index is 0.923. The number of para-hydroxylation sites is 3. The first-order valence-corrected chi connectivity index (χ1v) is 23.0. The third-order valence-electron chi connectivity index (χ3n) is 13.5. The molecule has 0 radical (unpaired) electrons. The van der Waals surface area contributed by atoms with Crippen LogP contribution in [0.1, 0.15) is 0 Å². The Morgan fingerprint density at radius 2 is 0.627 bits per heavy atom. The molecule has 2 aromatic heterocycles. The summed E-state index contributed by atoms with van der Waals surface area (Å²) in [5, 5.41) is 7.45. The maximum atomic E-state index is 2.43. The van der Waals surface area contributed by atoms with Crippen LogP contribution in [0.4, 0.5) is 17.1 Å². The fraction of sp³-hybridized carbons (Fsp3) is 0. The molecular weight excluding hydrogens is 811 g/mol. The van der Waals surface area contributed by atoms with Crippen molar-refractivity contribution in [3.63, 3.8) is 0 Å². The van der Waals surface area contributed by atoms with E-state index < -0.39 is 0 Å². The zero-order valence-corrected chi connectivity index (χ0v) is 36.7. The summed E-state index contributed by atoms with van der Waals surface area (Å²) in [5.41, 5.74) is 17.5. The van der Waals surface area contributed by atoms with Gasteiger partial charge in [-0.1, -0.05) is 164 Å². The fourth-order valence-electron chi connectivity index (χ4n) is 10.2. The van der Waals surface area contributed by atoms with E-state index in [0.29, 0.717) is 0 Å². The second-order valence-electron chi connectivity index (χ2n) is 17.4. The minimum absolute atomic E-state index is 1.09. The summed E-state index contributed by atoms with van der Waals surface area (Å²) < 4.78 is 4.83. The molecule has 13 aromatic rings. The summed E-state index contributed by atoms with van der Waals surface area (Å²) in [6, 6.07) is 94.9. The van der Waals surface area contributed by atoms with Crippen molar-refractivity contribution in [3.8, 4) is 44.8 Å². The summed E-state index contributed by atoms with van der Waals surface area (Å²) in [6.07, 6.45) is 0. The average molecular weight is 854 g/mol. The van der Waals surface area contributed by atoms with Crippen molar-refractivity contribution in [1.29, 1.82) is 0 Å². The van der Waals surface area contributed by atoms with Crippen LogP contribution in [0.25, 0.3) is 99.1 Å². The highest BCUT2D eigenvalue weighted by Crippen LogP contribution is 2.42. The smallest absolute Gasteiger partial charge is 0.0562 e. The topological polar surface area (TPSA) is 13.1 Å². The molecule has 67 heavy (non-hydrogen) atoms. The Bertz CT molecular complexity index is 3920. The van der Waals surface area contributed by atoms with E-state index in [1.807, 2.05) is 0 Å². The number of rotatable bonds is 8. The highest BCUT2D eigenvalue weighted by molar-refractivity contribution is 6.19. The van der Waals surface area contributed by atoms with Gasteiger partial charge in [0.2, 0.25) is 0 Å². The van der Waals surface area contributed by atoms with Gasteiger partial charge in [-0.25, -0.2) is 0 Å². The summed E-state index contributed by atoms with van der Waals surface area (Å²) in [7, 11) is 0. The molecule has 0 aliphatic rings. The number of hydrogen-bond acceptors (Lipinski definition) is 1. The predicted molar refractivity (Wildman–Crippen MR) is 284 cm³/mol. The summed E-state index contributed by atoms with van der Waals surface area (Å²) in [6.45, 7) is 0. The molecule has 3 nitrogen and oxygen atoms in total. The van der Waals surface area contributed by atoms with Crippen LogP contribution in [0.5, 0.6) is 0 Å². The van der Waals surface area contributed by atoms with E-state index in [1.165, 1.54) is 87.8 Å². The van der Waals surface area contributed by atoms with Gasteiger partial charge in [0, 0.05) is 50.0 Å². The zero-order chi connectivity index (χ0) is 44.3. The van der Waals surface area contributed by atoms with Crippen molar-refractivity contribution in [2.75, 3.05) is 4.90 Å². The number of benzene rings is 11. The van der Waals surface area contributed by atoms with E-state index in [-0.39, 0.29) is 0 Å². The van der Waals surface area contributed by atoms with Crippen molar-refractivity contribution >= 4 is 71.4 Å². The summed E-state index contributed by atoms with van der Waals surface area (Å²) >= 11 is 0. The lowest BCUT2D eigenvalue weighted by Gasteiger charge is -2.26. The first-order valence-electron chi connectivity index (χ1n) is 23.0. The van der Waals surface area contributed by atoms with Crippen molar-refractivity contribution in [3.05, 3.63) is 261 Å². The van der Waals surface area contributed by atoms with Crippen LogP contribution in [0.15, 0.2) is 261 Å². The van der Waals surface area contributed by atoms with E-state index in [0.717, 1.165) is 28.4 Å². The fourth-order valence-corrected chi connectivity index (χ4v) is 10.2. The molecule has 0 unspecified atom stereocenters. The van der Waals surface area contributed by atoms with Crippen molar-refractivity contribution in [2.24, 2.45) is 0 Å². The van der Waals surface area contributed by atoms with E-state index in [9.17, 15) is 0 Å². The molecule has 0 saturated carbocycles. The van der Waals surface area contributed by atoms with E-state index >= 15 is 0 Å². The number of anilines is 3. The number of aromatic nitrogens is 2. The molecule has 2 heterocycles. The SMILES string of the molecule is c1ccc(-c2ccc(N(c3ccc(-c4ccc5ccccc5c4)cc3)c3ccc(-c4ccc5c(c4)c4cc6c7ccccc7n(-c7ccccc7)c6cc4n5-c4ccccc4)cc3)cc2)cc1. The first-order chi connectivity index (χ1) is 33.2. The van der Waals surface area contributed by atoms with Gasteiger partial charge in [0.05, 0.1) is 22.1 Å². The minimum atomic E-state index is 1.09. The second kappa shape index (κ2) is 16.0. The molecule has 0 fully saturated rings. The van der Waals surface area contributed by atoms with Crippen LogP contribution >= 0.6 is 0 Å². The molecule has 0 bridgehead atoms. The molecule has 0 aliphatic carbocycles. The second-order valence-corrected chi connectivity index (χ2v) is 17.4. The Hall–Kier alpha value is -8.92. The van der Waals surface area contributed by atoms with Gasteiger partial charge in [0.25, 0.3) is 0 Å². The van der Waals surface area contributed by atoms with Gasteiger partial charge in [0.15, 0.2) is 0 Å². The lowest BCUT2D eigenvalue weighted by atomic mass is 10.00. The van der Waals surface area contributed by atoms with Crippen molar-refractivity contribution < 1.29 is 0 Å². The standard InChI is InChI=1S/C64H43N3/c1-4-14-44(15-5-1)46-26-33-54(34-27-46)65(55-35-28-47(29-36-55)50-25-24-45-16-10-11-17-49(45)40-50)56-37-30-48(31-38-56)51-32-39-62-58(41-51)60-42-59-57-22-12-13-23-61(57)66(52-18-6-2-7-19-52)63(59)43-64(60)67(62)53-20-8-3-9-21-53/h1-43H. The van der Waals surface area contributed by atoms with Crippen LogP contribution in [0.2, 0.25) is 0 Å². The van der Waals surface area contributed by atoms with Crippen molar-refractivity contribution in [1.82, 2.24) is 9.13 Å². The lowest BCUT2D eigenvalue weighted by molar-refractivity contribution is 1.16. The zero-order valence-electron chi connectivity index (χ0n) is 36.7. The Labute approximate surface area is 389 Å². The van der Waals surface area contributed by atoms with Gasteiger partial charge in [0.1, 0.15) is 0 Å². The minimum Gasteiger partial charge on any atom is -0.311 e. The Kier molecular flexibility index (Phi) is 9.17. The molecule has 11 aromatic carbocycles. The van der Waals surface area contributed by atoms with Crippen molar-refractivity contribution in [2.45, 2.75) is 0 Å². The van der Waals surface area contributed by atoms with Crippen LogP contribution in [0, 0.1) is 0 Å². The van der Waals surface area contributed by atoms with Gasteiger partial charge in [-0.3, -0.25) is 0 Å². The van der Waals surface area contributed by atoms with Crippen LogP contribution in [-0.2, 0) is 0 Å². The number of fused-ring (bicyclic) bond motifs is 7. The monoisotopic (exact) mass is 853 g/mol. The van der Waals surface area contributed by atoms with Gasteiger partial charge >= 0.3 is 0 Å². The van der Waals surface area contributed by atoms with E-state index in [2.05, 4.69) is 275 Å². The first kappa shape index (κ1) is 38.5. The van der Waals surface area contributed by atoms with Gasteiger partial charge in [-0.05, 0) is 141 Å². The van der Waals surface area contributed by atoms with Gasteiger partial charge in [-0.15, -0.1) is 0 Å². The number of nitrogens with zero attached hydrogens (tertiary/aromatic N) is 3. The summed E-state index contributed by atoms with van der Waals surface area (Å²) in [5.74, 6) is 0. The van der Waals surface area contributed by atoms with Crippen LogP contribution < -0.4 is 4.90 Å². The number of hydrogen-bond donors (Lipinski definition) is 0. The highest BCUT2D eigenvalue weighted by atomic mass is 15.1. The Morgan fingerprint density at radius 1 is 0.224 bits per heavy atom. The largest absolute Gasteiger partial charge is 0.311 e. The van der Waals surface area contributed by atoms with Crippen LogP contribution in [-0.4, -0.2) is 9.13 Å². The Morgan fingerprint density at radius 3 is 1.22 bits per heavy atom. The molecule has 3 heteroatoms. The maximum Gasteiger partial charge on any atom is 0.0562 e. The molecule has 0 N–H and O–H groups in total. The molecule has 314 valence electrons. The maximum absolute atomic E-state index is 2.43. The van der Waals surface area contributed by atoms with Gasteiger partial charge in [-0.2, -0.15) is 0 Å². The molecule has 0 saturated heterocycles. The lowest BCUT2D eigenvalue weighted by Crippen LogP contribution is -2.09. The normalized spacial score (nSPS) is 11.6. The third-order valence-corrected chi connectivity index (χ3v) is 13.5. The van der Waals surface area contributed by atoms with Crippen LogP contribution in [0.3, 0.4) is 0 Å².